The zero-order valence-corrected chi connectivity index (χ0v) is 16.7. The minimum Gasteiger partial charge on any atom is -0.355 e. The van der Waals surface area contributed by atoms with E-state index >= 15 is 0 Å². The molecule has 0 fully saturated rings. The van der Waals surface area contributed by atoms with Crippen LogP contribution in [0, 0.1) is 13.8 Å². The molecule has 0 saturated carbocycles. The van der Waals surface area contributed by atoms with Crippen LogP contribution in [0.1, 0.15) is 39.1 Å². The molecular weight excluding hydrogens is 344 g/mol. The van der Waals surface area contributed by atoms with Crippen molar-refractivity contribution in [2.75, 3.05) is 10.6 Å². The summed E-state index contributed by atoms with van der Waals surface area (Å²) in [7, 11) is 1.86. The van der Waals surface area contributed by atoms with Crippen molar-refractivity contribution in [1.82, 2.24) is 20.0 Å². The van der Waals surface area contributed by atoms with Crippen molar-refractivity contribution in [3.05, 3.63) is 11.4 Å². The molecule has 2 heterocycles. The van der Waals surface area contributed by atoms with Crippen LogP contribution in [-0.4, -0.2) is 36.7 Å². The summed E-state index contributed by atoms with van der Waals surface area (Å²) < 4.78 is 2.53. The quantitative estimate of drug-likeness (QED) is 0.788. The molecule has 1 amide bonds. The smallest absolute Gasteiger partial charge is 0.237 e. The van der Waals surface area contributed by atoms with Gasteiger partial charge >= 0.3 is 0 Å². The highest BCUT2D eigenvalue weighted by molar-refractivity contribution is 8.02. The summed E-state index contributed by atoms with van der Waals surface area (Å²) in [6.07, 6.45) is 0. The molecule has 0 aliphatic heterocycles. The molecule has 2 aromatic rings. The number of nitrogens with one attached hydrogen (secondary N) is 2. The Balaban J connectivity index is 1.99. The number of carbonyl (C=O) groups is 1. The van der Waals surface area contributed by atoms with Gasteiger partial charge in [0.05, 0.1) is 22.3 Å². The molecule has 0 aromatic carbocycles. The van der Waals surface area contributed by atoms with Gasteiger partial charge in [-0.3, -0.25) is 9.48 Å². The Morgan fingerprint density at radius 2 is 1.96 bits per heavy atom. The fourth-order valence-corrected chi connectivity index (χ4v) is 4.12. The van der Waals surface area contributed by atoms with Crippen molar-refractivity contribution in [2.45, 2.75) is 56.7 Å². The number of amides is 1. The molecule has 0 aliphatic rings. The Labute approximate surface area is 150 Å². The molecule has 1 atom stereocenters. The molecule has 0 bridgehead atoms. The Hall–Kier alpha value is -1.61. The van der Waals surface area contributed by atoms with Crippen LogP contribution < -0.4 is 10.6 Å². The molecule has 9 heteroatoms. The highest BCUT2D eigenvalue weighted by atomic mass is 32.2. The third-order valence-corrected chi connectivity index (χ3v) is 5.32. The van der Waals surface area contributed by atoms with Gasteiger partial charge in [0.25, 0.3) is 0 Å². The molecule has 0 aliphatic carbocycles. The van der Waals surface area contributed by atoms with Gasteiger partial charge < -0.3 is 10.6 Å². The predicted octanol–water partition coefficient (Wildman–Crippen LogP) is 3.22. The molecule has 132 valence electrons. The molecular formula is C15H24N6OS2. The first-order valence-electron chi connectivity index (χ1n) is 7.66. The van der Waals surface area contributed by atoms with Gasteiger partial charge in [-0.1, -0.05) is 23.1 Å². The molecule has 0 saturated heterocycles. The Morgan fingerprint density at radius 1 is 1.29 bits per heavy atom. The van der Waals surface area contributed by atoms with Gasteiger partial charge in [-0.25, -0.2) is 0 Å². The monoisotopic (exact) mass is 368 g/mol. The van der Waals surface area contributed by atoms with Crippen molar-refractivity contribution in [3.8, 4) is 0 Å². The average Bonchev–Trinajstić information content (AvgIpc) is 2.96. The minimum atomic E-state index is -0.278. The maximum Gasteiger partial charge on any atom is 0.237 e. The van der Waals surface area contributed by atoms with Crippen molar-refractivity contribution >= 4 is 39.8 Å². The van der Waals surface area contributed by atoms with Crippen LogP contribution in [0.4, 0.5) is 10.8 Å². The fourth-order valence-electron chi connectivity index (χ4n) is 2.01. The highest BCUT2D eigenvalue weighted by Crippen LogP contribution is 2.31. The zero-order chi connectivity index (χ0) is 18.1. The number of rotatable bonds is 5. The highest BCUT2D eigenvalue weighted by Gasteiger charge is 2.21. The molecule has 24 heavy (non-hydrogen) atoms. The van der Waals surface area contributed by atoms with Crippen LogP contribution in [-0.2, 0) is 11.8 Å². The van der Waals surface area contributed by atoms with E-state index in [0.29, 0.717) is 0 Å². The maximum atomic E-state index is 12.4. The van der Waals surface area contributed by atoms with E-state index < -0.39 is 0 Å². The molecule has 7 nitrogen and oxygen atoms in total. The lowest BCUT2D eigenvalue weighted by molar-refractivity contribution is -0.115. The van der Waals surface area contributed by atoms with Crippen LogP contribution in [0.15, 0.2) is 4.34 Å². The van der Waals surface area contributed by atoms with Gasteiger partial charge in [-0.2, -0.15) is 5.10 Å². The summed E-state index contributed by atoms with van der Waals surface area (Å²) in [5.41, 5.74) is 2.46. The van der Waals surface area contributed by atoms with Crippen LogP contribution >= 0.6 is 23.1 Å². The summed E-state index contributed by atoms with van der Waals surface area (Å²) in [5.74, 6) is -0.0697. The second kappa shape index (κ2) is 7.10. The van der Waals surface area contributed by atoms with E-state index in [0.717, 1.165) is 26.5 Å². The molecule has 1 unspecified atom stereocenters. The summed E-state index contributed by atoms with van der Waals surface area (Å²) in [6, 6.07) is 0. The van der Waals surface area contributed by atoms with Crippen molar-refractivity contribution < 1.29 is 4.79 Å². The molecule has 2 aromatic heterocycles. The van der Waals surface area contributed by atoms with Crippen molar-refractivity contribution in [3.63, 3.8) is 0 Å². The largest absolute Gasteiger partial charge is 0.355 e. The molecule has 0 radical (unpaired) electrons. The number of aromatic nitrogens is 4. The fraction of sp³-hybridized carbons (Fsp3) is 0.600. The summed E-state index contributed by atoms with van der Waals surface area (Å²) in [5, 5.41) is 19.3. The first-order valence-corrected chi connectivity index (χ1v) is 9.36. The van der Waals surface area contributed by atoms with Crippen LogP contribution in [0.5, 0.6) is 0 Å². The number of nitrogens with zero attached hydrogens (tertiary/aromatic N) is 4. The number of aryl methyl sites for hydroxylation is 2. The van der Waals surface area contributed by atoms with Crippen LogP contribution in [0.25, 0.3) is 0 Å². The van der Waals surface area contributed by atoms with Crippen LogP contribution in [0.3, 0.4) is 0 Å². The van der Waals surface area contributed by atoms with Gasteiger partial charge in [0.2, 0.25) is 11.0 Å². The van der Waals surface area contributed by atoms with E-state index in [2.05, 4.69) is 46.7 Å². The van der Waals surface area contributed by atoms with Gasteiger partial charge in [-0.05, 0) is 41.5 Å². The lowest BCUT2D eigenvalue weighted by Gasteiger charge is -2.18. The Kier molecular flexibility index (Phi) is 5.54. The third-order valence-electron chi connectivity index (χ3n) is 3.29. The van der Waals surface area contributed by atoms with Crippen molar-refractivity contribution in [2.24, 2.45) is 7.05 Å². The molecule has 0 spiro atoms. The number of hydrogen-bond acceptors (Lipinski definition) is 7. The van der Waals surface area contributed by atoms with Crippen LogP contribution in [0.2, 0.25) is 0 Å². The maximum absolute atomic E-state index is 12.4. The topological polar surface area (TPSA) is 84.7 Å². The summed E-state index contributed by atoms with van der Waals surface area (Å²) in [6.45, 7) is 11.9. The van der Waals surface area contributed by atoms with Gasteiger partial charge in [0, 0.05) is 12.6 Å². The standard InChI is InChI=1S/C15H24N6OS2/c1-8-11(9(2)21(7)20-8)16-12(22)10(3)23-14-19-18-13(24-14)17-15(4,5)6/h10H,1-7H3,(H,16,22)(H,17,18). The van der Waals surface area contributed by atoms with E-state index in [-0.39, 0.29) is 16.7 Å². The van der Waals surface area contributed by atoms with E-state index in [1.165, 1.54) is 23.1 Å². The van der Waals surface area contributed by atoms with E-state index in [1.807, 2.05) is 27.8 Å². The van der Waals surface area contributed by atoms with E-state index in [4.69, 9.17) is 0 Å². The zero-order valence-electron chi connectivity index (χ0n) is 15.1. The Bertz CT molecular complexity index is 731. The van der Waals surface area contributed by atoms with Gasteiger partial charge in [-0.15, -0.1) is 10.2 Å². The van der Waals surface area contributed by atoms with Crippen molar-refractivity contribution in [1.29, 1.82) is 0 Å². The summed E-state index contributed by atoms with van der Waals surface area (Å²) in [4.78, 5) is 12.4. The van der Waals surface area contributed by atoms with Gasteiger partial charge in [0.15, 0.2) is 4.34 Å². The second-order valence-electron chi connectivity index (χ2n) is 6.67. The Morgan fingerprint density at radius 3 is 2.50 bits per heavy atom. The number of anilines is 2. The number of hydrogen-bond donors (Lipinski definition) is 2. The SMILES string of the molecule is Cc1nn(C)c(C)c1NC(=O)C(C)Sc1nnc(NC(C)(C)C)s1. The minimum absolute atomic E-state index is 0.0696. The van der Waals surface area contributed by atoms with E-state index in [1.54, 1.807) is 4.68 Å². The lowest BCUT2D eigenvalue weighted by Crippen LogP contribution is -2.25. The average molecular weight is 369 g/mol. The predicted molar refractivity (Wildman–Crippen MR) is 99.9 cm³/mol. The third kappa shape index (κ3) is 4.70. The normalized spacial score (nSPS) is 13.0. The molecule has 2 N–H and O–H groups in total. The van der Waals surface area contributed by atoms with E-state index in [9.17, 15) is 4.79 Å². The number of thioether (sulfide) groups is 1. The molecule has 2 rings (SSSR count). The second-order valence-corrected chi connectivity index (χ2v) is 9.23. The number of carbonyl (C=O) groups excluding carboxylic acids is 1. The first kappa shape index (κ1) is 18.7. The van der Waals surface area contributed by atoms with Gasteiger partial charge in [0.1, 0.15) is 0 Å². The summed E-state index contributed by atoms with van der Waals surface area (Å²) >= 11 is 2.86. The first-order chi connectivity index (χ1) is 11.1. The lowest BCUT2D eigenvalue weighted by atomic mass is 10.1.